The second-order valence-corrected chi connectivity index (χ2v) is 3.92. The Balaban J connectivity index is 3.75. The number of thioether (sulfide) groups is 1. The van der Waals surface area contributed by atoms with Crippen LogP contribution in [0.4, 0.5) is 0 Å². The Bertz CT molecular complexity index is 121. The van der Waals surface area contributed by atoms with Gasteiger partial charge < -0.3 is 5.11 Å². The van der Waals surface area contributed by atoms with Crippen LogP contribution in [0.15, 0.2) is 0 Å². The largest absolute Gasteiger partial charge is 0.481 e. The van der Waals surface area contributed by atoms with Gasteiger partial charge in [-0.1, -0.05) is 0 Å². The van der Waals surface area contributed by atoms with Gasteiger partial charge in [-0.2, -0.15) is 11.8 Å². The molecule has 60 valence electrons. The van der Waals surface area contributed by atoms with E-state index in [1.54, 1.807) is 25.6 Å². The Morgan fingerprint density at radius 2 is 2.10 bits per heavy atom. The maximum Gasteiger partial charge on any atom is 0.309 e. The molecule has 10 heavy (non-hydrogen) atoms. The van der Waals surface area contributed by atoms with E-state index in [0.717, 1.165) is 12.2 Å². The Morgan fingerprint density at radius 1 is 1.60 bits per heavy atom. The Labute approximate surface area is 66.0 Å². The van der Waals surface area contributed by atoms with Crippen molar-refractivity contribution in [2.24, 2.45) is 5.41 Å². The average molecular weight is 162 g/mol. The normalized spacial score (nSPS) is 11.5. The lowest BCUT2D eigenvalue weighted by Crippen LogP contribution is -2.24. The van der Waals surface area contributed by atoms with Crippen molar-refractivity contribution in [3.05, 3.63) is 0 Å². The SMILES string of the molecule is CSCCC(C)(C)C(=O)O. The van der Waals surface area contributed by atoms with Gasteiger partial charge in [0.15, 0.2) is 0 Å². The maximum atomic E-state index is 10.5. The second-order valence-electron chi connectivity index (χ2n) is 2.93. The second kappa shape index (κ2) is 3.86. The summed E-state index contributed by atoms with van der Waals surface area (Å²) in [6, 6.07) is 0. The van der Waals surface area contributed by atoms with Crippen molar-refractivity contribution >= 4 is 17.7 Å². The molecular formula is C7H14O2S. The number of rotatable bonds is 4. The predicted octanol–water partition coefficient (Wildman–Crippen LogP) is 1.85. The van der Waals surface area contributed by atoms with Crippen LogP contribution < -0.4 is 0 Å². The van der Waals surface area contributed by atoms with Gasteiger partial charge >= 0.3 is 5.97 Å². The quantitative estimate of drug-likeness (QED) is 0.685. The van der Waals surface area contributed by atoms with Crippen LogP contribution >= 0.6 is 11.8 Å². The first-order valence-corrected chi connectivity index (χ1v) is 4.62. The number of hydrogen-bond donors (Lipinski definition) is 1. The molecule has 0 amide bonds. The number of carboxylic acid groups (broad SMARTS) is 1. The smallest absolute Gasteiger partial charge is 0.309 e. The van der Waals surface area contributed by atoms with E-state index in [1.807, 2.05) is 6.26 Å². The maximum absolute atomic E-state index is 10.5. The van der Waals surface area contributed by atoms with Crippen molar-refractivity contribution in [1.29, 1.82) is 0 Å². The van der Waals surface area contributed by atoms with Crippen molar-refractivity contribution in [1.82, 2.24) is 0 Å². The summed E-state index contributed by atoms with van der Waals surface area (Å²) in [6.07, 6.45) is 2.72. The van der Waals surface area contributed by atoms with Gasteiger partial charge in [0.1, 0.15) is 0 Å². The van der Waals surface area contributed by atoms with Gasteiger partial charge in [-0.25, -0.2) is 0 Å². The number of carbonyl (C=O) groups is 1. The van der Waals surface area contributed by atoms with Crippen LogP contribution in [-0.2, 0) is 4.79 Å². The van der Waals surface area contributed by atoms with Crippen LogP contribution in [0.1, 0.15) is 20.3 Å². The average Bonchev–Trinajstić information content (AvgIpc) is 1.84. The molecule has 0 aromatic carbocycles. The molecule has 0 aromatic rings. The van der Waals surface area contributed by atoms with Crippen molar-refractivity contribution in [3.63, 3.8) is 0 Å². The Kier molecular flexibility index (Phi) is 3.79. The van der Waals surface area contributed by atoms with E-state index in [1.165, 1.54) is 0 Å². The molecule has 0 fully saturated rings. The first kappa shape index (κ1) is 9.82. The molecule has 0 aromatic heterocycles. The summed E-state index contributed by atoms with van der Waals surface area (Å²) in [7, 11) is 0. The zero-order valence-electron chi connectivity index (χ0n) is 6.68. The molecule has 0 aliphatic rings. The lowest BCUT2D eigenvalue weighted by Gasteiger charge is -2.17. The van der Waals surface area contributed by atoms with Crippen molar-refractivity contribution in [2.45, 2.75) is 20.3 Å². The number of hydrogen-bond acceptors (Lipinski definition) is 2. The van der Waals surface area contributed by atoms with Gasteiger partial charge in [0.25, 0.3) is 0 Å². The van der Waals surface area contributed by atoms with Crippen LogP contribution in [0, 0.1) is 5.41 Å². The third kappa shape index (κ3) is 3.11. The summed E-state index contributed by atoms with van der Waals surface area (Å²) in [5.74, 6) is 0.209. The van der Waals surface area contributed by atoms with E-state index in [9.17, 15) is 4.79 Å². The molecule has 0 bridgehead atoms. The van der Waals surface area contributed by atoms with Gasteiger partial charge in [-0.05, 0) is 32.3 Å². The molecule has 3 heteroatoms. The molecule has 0 aliphatic carbocycles. The van der Waals surface area contributed by atoms with E-state index < -0.39 is 11.4 Å². The molecule has 0 saturated carbocycles. The van der Waals surface area contributed by atoms with Crippen molar-refractivity contribution in [2.75, 3.05) is 12.0 Å². The fraction of sp³-hybridized carbons (Fsp3) is 0.857. The van der Waals surface area contributed by atoms with Gasteiger partial charge in [-0.3, -0.25) is 4.79 Å². The zero-order valence-corrected chi connectivity index (χ0v) is 7.49. The highest BCUT2D eigenvalue weighted by Crippen LogP contribution is 2.21. The third-order valence-electron chi connectivity index (χ3n) is 1.51. The van der Waals surface area contributed by atoms with Gasteiger partial charge in [0.05, 0.1) is 5.41 Å². The van der Waals surface area contributed by atoms with Gasteiger partial charge in [0, 0.05) is 0 Å². The Hall–Kier alpha value is -0.180. The Morgan fingerprint density at radius 3 is 2.40 bits per heavy atom. The molecular weight excluding hydrogens is 148 g/mol. The molecule has 0 rings (SSSR count). The minimum absolute atomic E-state index is 0.553. The highest BCUT2D eigenvalue weighted by atomic mass is 32.2. The molecule has 0 saturated heterocycles. The highest BCUT2D eigenvalue weighted by molar-refractivity contribution is 7.98. The van der Waals surface area contributed by atoms with Gasteiger partial charge in [-0.15, -0.1) is 0 Å². The van der Waals surface area contributed by atoms with E-state index in [0.29, 0.717) is 0 Å². The topological polar surface area (TPSA) is 37.3 Å². The van der Waals surface area contributed by atoms with Gasteiger partial charge in [0.2, 0.25) is 0 Å². The molecule has 0 atom stereocenters. The van der Waals surface area contributed by atoms with Crippen molar-refractivity contribution < 1.29 is 9.90 Å². The van der Waals surface area contributed by atoms with Crippen LogP contribution in [0.3, 0.4) is 0 Å². The third-order valence-corrected chi connectivity index (χ3v) is 2.12. The van der Waals surface area contributed by atoms with Crippen molar-refractivity contribution in [3.8, 4) is 0 Å². The van der Waals surface area contributed by atoms with Crippen LogP contribution in [0.5, 0.6) is 0 Å². The fourth-order valence-electron chi connectivity index (χ4n) is 0.464. The highest BCUT2D eigenvalue weighted by Gasteiger charge is 2.25. The predicted molar refractivity (Wildman–Crippen MR) is 44.4 cm³/mol. The molecule has 0 spiro atoms. The fourth-order valence-corrected chi connectivity index (χ4v) is 1.18. The lowest BCUT2D eigenvalue weighted by molar-refractivity contribution is -0.146. The molecule has 0 aliphatic heterocycles. The molecule has 1 N–H and O–H groups in total. The summed E-state index contributed by atoms with van der Waals surface area (Å²) in [5, 5.41) is 8.66. The monoisotopic (exact) mass is 162 g/mol. The summed E-state index contributed by atoms with van der Waals surface area (Å²) in [4.78, 5) is 10.5. The summed E-state index contributed by atoms with van der Waals surface area (Å²) < 4.78 is 0. The number of aliphatic carboxylic acids is 1. The van der Waals surface area contributed by atoms with E-state index in [-0.39, 0.29) is 0 Å². The summed E-state index contributed by atoms with van der Waals surface area (Å²) in [5.41, 5.74) is -0.553. The molecule has 2 nitrogen and oxygen atoms in total. The first-order valence-electron chi connectivity index (χ1n) is 3.23. The summed E-state index contributed by atoms with van der Waals surface area (Å²) in [6.45, 7) is 3.51. The lowest BCUT2D eigenvalue weighted by atomic mass is 9.91. The van der Waals surface area contributed by atoms with E-state index >= 15 is 0 Å². The molecule has 0 unspecified atom stereocenters. The summed E-state index contributed by atoms with van der Waals surface area (Å²) >= 11 is 1.68. The standard InChI is InChI=1S/C7H14O2S/c1-7(2,6(8)9)4-5-10-3/h4-5H2,1-3H3,(H,8,9). The van der Waals surface area contributed by atoms with E-state index in [2.05, 4.69) is 0 Å². The van der Waals surface area contributed by atoms with Crippen LogP contribution in [0.25, 0.3) is 0 Å². The van der Waals surface area contributed by atoms with E-state index in [4.69, 9.17) is 5.11 Å². The first-order chi connectivity index (χ1) is 4.50. The number of carboxylic acids is 1. The molecule has 0 radical (unpaired) electrons. The minimum atomic E-state index is -0.707. The van der Waals surface area contributed by atoms with Crippen LogP contribution in [0.2, 0.25) is 0 Å². The molecule has 0 heterocycles. The van der Waals surface area contributed by atoms with Crippen LogP contribution in [-0.4, -0.2) is 23.1 Å². The zero-order chi connectivity index (χ0) is 8.20. The minimum Gasteiger partial charge on any atom is -0.481 e.